The van der Waals surface area contributed by atoms with Gasteiger partial charge in [0.2, 0.25) is 5.91 Å². The number of carbonyl (C=O) groups excluding carboxylic acids is 1. The van der Waals surface area contributed by atoms with Gasteiger partial charge < -0.3 is 15.4 Å². The summed E-state index contributed by atoms with van der Waals surface area (Å²) in [6.45, 7) is 5.58. The molecule has 2 unspecified atom stereocenters. The minimum absolute atomic E-state index is 0.130. The summed E-state index contributed by atoms with van der Waals surface area (Å²) in [5.74, 6) is 2.32. The van der Waals surface area contributed by atoms with Gasteiger partial charge >= 0.3 is 0 Å². The van der Waals surface area contributed by atoms with Crippen molar-refractivity contribution in [2.75, 3.05) is 24.7 Å². The van der Waals surface area contributed by atoms with E-state index in [0.717, 1.165) is 43.9 Å². The number of carbonyl (C=O) groups is 1. The molecule has 0 spiro atoms. The van der Waals surface area contributed by atoms with Crippen LogP contribution in [0.1, 0.15) is 46.0 Å². The number of ether oxygens (including phenoxy) is 1. The van der Waals surface area contributed by atoms with Gasteiger partial charge in [0.05, 0.1) is 11.6 Å². The molecule has 0 saturated carbocycles. The predicted octanol–water partition coefficient (Wildman–Crippen LogP) is 2.02. The van der Waals surface area contributed by atoms with E-state index < -0.39 is 5.54 Å². The number of amides is 1. The van der Waals surface area contributed by atoms with Crippen molar-refractivity contribution in [3.63, 3.8) is 0 Å². The number of hydrogen-bond acceptors (Lipinski definition) is 4. The van der Waals surface area contributed by atoms with Crippen LogP contribution in [0.25, 0.3) is 0 Å². The van der Waals surface area contributed by atoms with Gasteiger partial charge in [0, 0.05) is 24.9 Å². The second-order valence-electron chi connectivity index (χ2n) is 5.97. The first-order chi connectivity index (χ1) is 9.60. The van der Waals surface area contributed by atoms with E-state index in [-0.39, 0.29) is 12.0 Å². The number of nitrogens with zero attached hydrogens (tertiary/aromatic N) is 1. The molecule has 0 radical (unpaired) electrons. The number of rotatable bonds is 6. The Morgan fingerprint density at radius 3 is 2.65 bits per heavy atom. The maximum Gasteiger partial charge on any atom is 0.242 e. The highest BCUT2D eigenvalue weighted by Crippen LogP contribution is 2.27. The maximum atomic E-state index is 12.9. The van der Waals surface area contributed by atoms with E-state index in [1.165, 1.54) is 0 Å². The summed E-state index contributed by atoms with van der Waals surface area (Å²) in [5, 5.41) is 0. The SMILES string of the molecule is CCC(N)(CC)C(=O)N(CC1CCCO1)C1CCSC1. The minimum atomic E-state index is -0.703. The van der Waals surface area contributed by atoms with Crippen molar-refractivity contribution in [1.29, 1.82) is 0 Å². The van der Waals surface area contributed by atoms with Gasteiger partial charge in [0.25, 0.3) is 0 Å². The standard InChI is InChI=1S/C15H28N2O2S/c1-3-15(16,4-2)14(18)17(12-7-9-20-11-12)10-13-6-5-8-19-13/h12-13H,3-11,16H2,1-2H3. The van der Waals surface area contributed by atoms with E-state index in [9.17, 15) is 4.79 Å². The quantitative estimate of drug-likeness (QED) is 0.815. The third-order valence-corrected chi connectivity index (χ3v) is 5.86. The molecule has 2 fully saturated rings. The molecular weight excluding hydrogens is 272 g/mol. The van der Waals surface area contributed by atoms with Crippen molar-refractivity contribution in [3.05, 3.63) is 0 Å². The Morgan fingerprint density at radius 2 is 2.15 bits per heavy atom. The van der Waals surface area contributed by atoms with Crippen LogP contribution >= 0.6 is 11.8 Å². The van der Waals surface area contributed by atoms with Crippen LogP contribution in [0.5, 0.6) is 0 Å². The van der Waals surface area contributed by atoms with Crippen molar-refractivity contribution in [1.82, 2.24) is 4.90 Å². The lowest BCUT2D eigenvalue weighted by Crippen LogP contribution is -2.58. The molecule has 116 valence electrons. The van der Waals surface area contributed by atoms with Crippen LogP contribution in [0.4, 0.5) is 0 Å². The molecule has 2 aliphatic rings. The number of thioether (sulfide) groups is 1. The molecule has 2 rings (SSSR count). The van der Waals surface area contributed by atoms with E-state index in [2.05, 4.69) is 0 Å². The van der Waals surface area contributed by atoms with Gasteiger partial charge in [-0.2, -0.15) is 11.8 Å². The third kappa shape index (κ3) is 3.49. The maximum absolute atomic E-state index is 12.9. The molecule has 2 atom stereocenters. The molecule has 5 heteroatoms. The molecule has 0 bridgehead atoms. The van der Waals surface area contributed by atoms with E-state index in [1.807, 2.05) is 30.5 Å². The number of nitrogens with two attached hydrogens (primary N) is 1. The van der Waals surface area contributed by atoms with E-state index in [0.29, 0.717) is 18.9 Å². The van der Waals surface area contributed by atoms with Crippen LogP contribution in [-0.2, 0) is 9.53 Å². The van der Waals surface area contributed by atoms with Crippen molar-refractivity contribution in [3.8, 4) is 0 Å². The van der Waals surface area contributed by atoms with E-state index >= 15 is 0 Å². The average molecular weight is 300 g/mol. The fourth-order valence-corrected chi connectivity index (χ4v) is 4.24. The molecule has 20 heavy (non-hydrogen) atoms. The zero-order valence-electron chi connectivity index (χ0n) is 12.8. The zero-order chi connectivity index (χ0) is 14.6. The Bertz CT molecular complexity index is 322. The summed E-state index contributed by atoms with van der Waals surface area (Å²) in [4.78, 5) is 15.0. The van der Waals surface area contributed by atoms with Crippen LogP contribution in [-0.4, -0.2) is 53.1 Å². The molecule has 2 saturated heterocycles. The summed E-state index contributed by atoms with van der Waals surface area (Å²) < 4.78 is 5.73. The topological polar surface area (TPSA) is 55.6 Å². The molecule has 0 aromatic carbocycles. The molecule has 2 aliphatic heterocycles. The molecule has 2 N–H and O–H groups in total. The molecule has 1 amide bonds. The van der Waals surface area contributed by atoms with Gasteiger partial charge in [-0.25, -0.2) is 0 Å². The smallest absolute Gasteiger partial charge is 0.242 e. The first kappa shape index (κ1) is 16.1. The Hall–Kier alpha value is -0.260. The van der Waals surface area contributed by atoms with Crippen LogP contribution in [0.3, 0.4) is 0 Å². The summed E-state index contributed by atoms with van der Waals surface area (Å²) in [6, 6.07) is 0.345. The highest BCUT2D eigenvalue weighted by molar-refractivity contribution is 7.99. The van der Waals surface area contributed by atoms with Crippen LogP contribution in [0.15, 0.2) is 0 Å². The second kappa shape index (κ2) is 7.14. The monoisotopic (exact) mass is 300 g/mol. The lowest BCUT2D eigenvalue weighted by Gasteiger charge is -2.37. The summed E-state index contributed by atoms with van der Waals surface area (Å²) in [7, 11) is 0. The summed E-state index contributed by atoms with van der Waals surface area (Å²) in [6.07, 6.45) is 4.88. The summed E-state index contributed by atoms with van der Waals surface area (Å²) >= 11 is 1.94. The third-order valence-electron chi connectivity index (χ3n) is 4.72. The van der Waals surface area contributed by atoms with Gasteiger partial charge in [-0.15, -0.1) is 0 Å². The van der Waals surface area contributed by atoms with Crippen LogP contribution in [0, 0.1) is 0 Å². The normalized spacial score (nSPS) is 26.9. The van der Waals surface area contributed by atoms with Crippen LogP contribution < -0.4 is 5.73 Å². The average Bonchev–Trinajstić information content (AvgIpc) is 3.15. The Labute approximate surface area is 126 Å². The zero-order valence-corrected chi connectivity index (χ0v) is 13.6. The molecule has 2 heterocycles. The number of hydrogen-bond donors (Lipinski definition) is 1. The van der Waals surface area contributed by atoms with Crippen molar-refractivity contribution in [2.24, 2.45) is 5.73 Å². The van der Waals surface area contributed by atoms with Gasteiger partial charge in [-0.1, -0.05) is 13.8 Å². The van der Waals surface area contributed by atoms with Gasteiger partial charge in [0.1, 0.15) is 0 Å². The van der Waals surface area contributed by atoms with Gasteiger partial charge in [-0.3, -0.25) is 4.79 Å². The molecule has 0 aromatic rings. The van der Waals surface area contributed by atoms with Crippen LogP contribution in [0.2, 0.25) is 0 Å². The lowest BCUT2D eigenvalue weighted by atomic mass is 9.91. The minimum Gasteiger partial charge on any atom is -0.376 e. The first-order valence-electron chi connectivity index (χ1n) is 7.90. The predicted molar refractivity (Wildman–Crippen MR) is 83.9 cm³/mol. The molecule has 0 aromatic heterocycles. The highest BCUT2D eigenvalue weighted by Gasteiger charge is 2.39. The van der Waals surface area contributed by atoms with Crippen molar-refractivity contribution in [2.45, 2.75) is 63.6 Å². The largest absolute Gasteiger partial charge is 0.376 e. The summed E-state index contributed by atoms with van der Waals surface area (Å²) in [5.41, 5.74) is 5.64. The fourth-order valence-electron chi connectivity index (χ4n) is 3.01. The van der Waals surface area contributed by atoms with Gasteiger partial charge in [0.15, 0.2) is 0 Å². The second-order valence-corrected chi connectivity index (χ2v) is 7.12. The van der Waals surface area contributed by atoms with Crippen molar-refractivity contribution < 1.29 is 9.53 Å². The molecular formula is C15H28N2O2S. The Morgan fingerprint density at radius 1 is 1.40 bits per heavy atom. The lowest BCUT2D eigenvalue weighted by molar-refractivity contribution is -0.141. The molecule has 4 nitrogen and oxygen atoms in total. The van der Waals surface area contributed by atoms with Crippen molar-refractivity contribution >= 4 is 17.7 Å². The Kier molecular flexibility index (Phi) is 5.75. The fraction of sp³-hybridized carbons (Fsp3) is 0.933. The van der Waals surface area contributed by atoms with Gasteiger partial charge in [-0.05, 0) is 37.9 Å². The Balaban J connectivity index is 2.09. The van der Waals surface area contributed by atoms with E-state index in [4.69, 9.17) is 10.5 Å². The molecule has 0 aliphatic carbocycles. The highest BCUT2D eigenvalue weighted by atomic mass is 32.2. The van der Waals surface area contributed by atoms with E-state index in [1.54, 1.807) is 0 Å². The first-order valence-corrected chi connectivity index (χ1v) is 9.05.